The van der Waals surface area contributed by atoms with Crippen molar-refractivity contribution >= 4 is 6.29 Å². The monoisotopic (exact) mass is 169 g/mol. The maximum atomic E-state index is 10.8. The summed E-state index contributed by atoms with van der Waals surface area (Å²) in [5.74, 6) is 0.666. The van der Waals surface area contributed by atoms with E-state index in [1.54, 1.807) is 0 Å². The second kappa shape index (κ2) is 3.17. The third kappa shape index (κ3) is 1.86. The van der Waals surface area contributed by atoms with Crippen LogP contribution in [-0.4, -0.2) is 29.3 Å². The molecule has 0 N–H and O–H groups in total. The van der Waals surface area contributed by atoms with Crippen molar-refractivity contribution in [3.05, 3.63) is 0 Å². The van der Waals surface area contributed by atoms with E-state index in [0.717, 1.165) is 19.3 Å². The topological polar surface area (TPSA) is 20.3 Å². The highest BCUT2D eigenvalue weighted by Crippen LogP contribution is 2.28. The van der Waals surface area contributed by atoms with Crippen molar-refractivity contribution in [1.82, 2.24) is 4.90 Å². The Labute approximate surface area is 74.9 Å². The van der Waals surface area contributed by atoms with Gasteiger partial charge in [0, 0.05) is 12.1 Å². The Bertz CT molecular complexity index is 171. The highest BCUT2D eigenvalue weighted by atomic mass is 16.1. The van der Waals surface area contributed by atoms with Crippen molar-refractivity contribution in [2.24, 2.45) is 5.92 Å². The summed E-state index contributed by atoms with van der Waals surface area (Å²) in [7, 11) is 0. The molecule has 1 heterocycles. The number of carbonyl (C=O) groups is 1. The molecule has 0 radical (unpaired) electrons. The fraction of sp³-hybridized carbons (Fsp3) is 0.900. The maximum absolute atomic E-state index is 10.8. The van der Waals surface area contributed by atoms with Gasteiger partial charge >= 0.3 is 0 Å². The lowest BCUT2D eigenvalue weighted by Gasteiger charge is -2.34. The first-order chi connectivity index (χ1) is 5.45. The van der Waals surface area contributed by atoms with Crippen molar-refractivity contribution in [2.45, 2.75) is 45.7 Å². The molecule has 2 nitrogen and oxygen atoms in total. The van der Waals surface area contributed by atoms with Crippen LogP contribution >= 0.6 is 0 Å². The molecule has 0 bridgehead atoms. The van der Waals surface area contributed by atoms with Crippen LogP contribution in [0.5, 0.6) is 0 Å². The molecule has 1 aliphatic heterocycles. The quantitative estimate of drug-likeness (QED) is 0.557. The van der Waals surface area contributed by atoms with Crippen molar-refractivity contribution in [3.63, 3.8) is 0 Å². The van der Waals surface area contributed by atoms with E-state index in [0.29, 0.717) is 5.92 Å². The highest BCUT2D eigenvalue weighted by molar-refractivity contribution is 5.58. The Morgan fingerprint density at radius 3 is 2.33 bits per heavy atom. The van der Waals surface area contributed by atoms with Gasteiger partial charge in [-0.15, -0.1) is 0 Å². The van der Waals surface area contributed by atoms with E-state index in [9.17, 15) is 4.79 Å². The second-order valence-corrected chi connectivity index (χ2v) is 4.87. The number of aldehydes is 1. The Morgan fingerprint density at radius 2 is 2.00 bits per heavy atom. The average molecular weight is 169 g/mol. The normalized spacial score (nSPS) is 32.3. The Kier molecular flexibility index (Phi) is 2.57. The zero-order chi connectivity index (χ0) is 9.35. The van der Waals surface area contributed by atoms with Crippen molar-refractivity contribution < 1.29 is 4.79 Å². The van der Waals surface area contributed by atoms with E-state index in [1.807, 2.05) is 0 Å². The van der Waals surface area contributed by atoms with Gasteiger partial charge in [0.1, 0.15) is 6.29 Å². The number of carbonyl (C=O) groups excluding carboxylic acids is 1. The van der Waals surface area contributed by atoms with E-state index in [-0.39, 0.29) is 11.6 Å². The molecule has 0 aromatic carbocycles. The molecule has 12 heavy (non-hydrogen) atoms. The second-order valence-electron chi connectivity index (χ2n) is 4.87. The number of hydrogen-bond acceptors (Lipinski definition) is 2. The first-order valence-corrected chi connectivity index (χ1v) is 4.67. The minimum Gasteiger partial charge on any atom is -0.302 e. The van der Waals surface area contributed by atoms with Crippen LogP contribution in [0.2, 0.25) is 0 Å². The van der Waals surface area contributed by atoms with Crippen LogP contribution in [-0.2, 0) is 4.79 Å². The van der Waals surface area contributed by atoms with Gasteiger partial charge in [0.15, 0.2) is 0 Å². The highest BCUT2D eigenvalue weighted by Gasteiger charge is 2.35. The average Bonchev–Trinajstić information content (AvgIpc) is 2.29. The lowest BCUT2D eigenvalue weighted by molar-refractivity contribution is -0.113. The zero-order valence-corrected chi connectivity index (χ0v) is 8.50. The van der Waals surface area contributed by atoms with E-state index in [1.165, 1.54) is 0 Å². The van der Waals surface area contributed by atoms with Gasteiger partial charge in [0.05, 0.1) is 6.04 Å². The molecule has 2 heteroatoms. The number of rotatable bonds is 1. The van der Waals surface area contributed by atoms with Crippen LogP contribution in [0.4, 0.5) is 0 Å². The molecule has 0 unspecified atom stereocenters. The van der Waals surface area contributed by atoms with Gasteiger partial charge in [-0.25, -0.2) is 0 Å². The molecule has 0 spiro atoms. The summed E-state index contributed by atoms with van der Waals surface area (Å²) in [5.41, 5.74) is 0.135. The number of nitrogens with zero attached hydrogens (tertiary/aromatic N) is 1. The molecule has 0 aromatic heterocycles. The van der Waals surface area contributed by atoms with Crippen LogP contribution in [0.15, 0.2) is 0 Å². The molecule has 1 aliphatic rings. The molecule has 70 valence electrons. The predicted molar refractivity (Wildman–Crippen MR) is 50.1 cm³/mol. The van der Waals surface area contributed by atoms with Gasteiger partial charge < -0.3 is 4.79 Å². The summed E-state index contributed by atoms with van der Waals surface area (Å²) < 4.78 is 0. The van der Waals surface area contributed by atoms with Crippen LogP contribution < -0.4 is 0 Å². The minimum atomic E-state index is 0.135. The molecule has 2 atom stereocenters. The van der Waals surface area contributed by atoms with Crippen LogP contribution in [0.25, 0.3) is 0 Å². The van der Waals surface area contributed by atoms with Gasteiger partial charge in [0.25, 0.3) is 0 Å². The molecular weight excluding hydrogens is 150 g/mol. The summed E-state index contributed by atoms with van der Waals surface area (Å²) >= 11 is 0. The molecule has 1 saturated heterocycles. The van der Waals surface area contributed by atoms with Crippen molar-refractivity contribution in [3.8, 4) is 0 Å². The molecule has 0 saturated carbocycles. The lowest BCUT2D eigenvalue weighted by atomic mass is 10.1. The minimum absolute atomic E-state index is 0.135. The Morgan fingerprint density at radius 1 is 1.42 bits per heavy atom. The largest absolute Gasteiger partial charge is 0.302 e. The van der Waals surface area contributed by atoms with Gasteiger partial charge in [-0.3, -0.25) is 4.90 Å². The Hall–Kier alpha value is -0.370. The number of hydrogen-bond donors (Lipinski definition) is 0. The summed E-state index contributed by atoms with van der Waals surface area (Å²) in [6.45, 7) is 9.78. The first kappa shape index (κ1) is 9.72. The van der Waals surface area contributed by atoms with Crippen molar-refractivity contribution in [2.75, 3.05) is 6.54 Å². The van der Waals surface area contributed by atoms with Gasteiger partial charge in [-0.1, -0.05) is 6.92 Å². The summed E-state index contributed by atoms with van der Waals surface area (Å²) in [4.78, 5) is 13.1. The summed E-state index contributed by atoms with van der Waals surface area (Å²) in [6.07, 6.45) is 2.12. The van der Waals surface area contributed by atoms with E-state index in [4.69, 9.17) is 0 Å². The van der Waals surface area contributed by atoms with Crippen LogP contribution in [0.3, 0.4) is 0 Å². The van der Waals surface area contributed by atoms with E-state index < -0.39 is 0 Å². The fourth-order valence-corrected chi connectivity index (χ4v) is 1.99. The smallest absolute Gasteiger partial charge is 0.137 e. The molecule has 1 rings (SSSR count). The molecular formula is C10H19NO. The van der Waals surface area contributed by atoms with Crippen molar-refractivity contribution in [1.29, 1.82) is 0 Å². The maximum Gasteiger partial charge on any atom is 0.137 e. The third-order valence-corrected chi connectivity index (χ3v) is 2.57. The Balaban J connectivity index is 2.70. The number of likely N-dealkylation sites (tertiary alicyclic amines) is 1. The molecule has 0 aliphatic carbocycles. The summed E-state index contributed by atoms with van der Waals surface area (Å²) in [5, 5.41) is 0. The third-order valence-electron chi connectivity index (χ3n) is 2.57. The predicted octanol–water partition coefficient (Wildman–Crippen LogP) is 1.69. The first-order valence-electron chi connectivity index (χ1n) is 4.67. The molecule has 0 amide bonds. The van der Waals surface area contributed by atoms with Gasteiger partial charge in [-0.2, -0.15) is 0 Å². The van der Waals surface area contributed by atoms with E-state index in [2.05, 4.69) is 32.6 Å². The molecule has 0 aromatic rings. The fourth-order valence-electron chi connectivity index (χ4n) is 1.99. The van der Waals surface area contributed by atoms with Gasteiger partial charge in [0.2, 0.25) is 0 Å². The zero-order valence-electron chi connectivity index (χ0n) is 8.50. The van der Waals surface area contributed by atoms with Crippen LogP contribution in [0.1, 0.15) is 34.1 Å². The lowest BCUT2D eigenvalue weighted by Crippen LogP contribution is -2.45. The van der Waals surface area contributed by atoms with E-state index >= 15 is 0 Å². The molecule has 1 fully saturated rings. The van der Waals surface area contributed by atoms with Crippen LogP contribution in [0, 0.1) is 5.92 Å². The SMILES string of the molecule is C[C@H]1C[C@@H](C=O)N(C(C)(C)C)C1. The standard InChI is InChI=1S/C10H19NO/c1-8-5-9(7-12)11(6-8)10(2,3)4/h7-9H,5-6H2,1-4H3/t8-,9-/m0/s1. The van der Waals surface area contributed by atoms with Gasteiger partial charge in [-0.05, 0) is 33.1 Å². The summed E-state index contributed by atoms with van der Waals surface area (Å²) in [6, 6.07) is 0.153.